The normalized spacial score (nSPS) is 20.5. The predicted octanol–water partition coefficient (Wildman–Crippen LogP) is 4.24. The Morgan fingerprint density at radius 1 is 1.15 bits per heavy atom. The molecule has 27 heavy (non-hydrogen) atoms. The second-order valence-electron chi connectivity index (χ2n) is 6.33. The van der Waals surface area contributed by atoms with Gasteiger partial charge >= 0.3 is 0 Å². The van der Waals surface area contributed by atoms with Gasteiger partial charge in [0.2, 0.25) is 0 Å². The molecule has 0 saturated carbocycles. The molecule has 2 N–H and O–H groups in total. The molecule has 0 saturated heterocycles. The highest BCUT2D eigenvalue weighted by atomic mass is 19.1. The van der Waals surface area contributed by atoms with Gasteiger partial charge in [-0.05, 0) is 37.4 Å². The molecular weight excluding hydrogens is 344 g/mol. The average Bonchev–Trinajstić information content (AvgIpc) is 2.71. The van der Waals surface area contributed by atoms with Crippen LogP contribution < -0.4 is 10.6 Å². The summed E-state index contributed by atoms with van der Waals surface area (Å²) in [6.45, 7) is 0.276. The van der Waals surface area contributed by atoms with Gasteiger partial charge in [0.15, 0.2) is 0 Å². The van der Waals surface area contributed by atoms with Crippen LogP contribution in [-0.2, 0) is 6.54 Å². The molecule has 2 aromatic rings. The van der Waals surface area contributed by atoms with Crippen LogP contribution in [0.25, 0.3) is 0 Å². The quantitative estimate of drug-likeness (QED) is 0.769. The van der Waals surface area contributed by atoms with E-state index in [4.69, 9.17) is 0 Å². The zero-order valence-corrected chi connectivity index (χ0v) is 15.1. The SMILES string of the molecule is CNC(/C=C(\NCc1ccccc1F)C1C=CC=CC1F)c1ccccn1. The number of aromatic nitrogens is 1. The Morgan fingerprint density at radius 2 is 1.93 bits per heavy atom. The van der Waals surface area contributed by atoms with Crippen molar-refractivity contribution in [2.75, 3.05) is 7.05 Å². The van der Waals surface area contributed by atoms with E-state index < -0.39 is 12.1 Å². The van der Waals surface area contributed by atoms with E-state index in [0.29, 0.717) is 11.3 Å². The van der Waals surface area contributed by atoms with Gasteiger partial charge in [0.05, 0.1) is 17.7 Å². The van der Waals surface area contributed by atoms with Crippen LogP contribution in [-0.4, -0.2) is 18.2 Å². The Morgan fingerprint density at radius 3 is 2.63 bits per heavy atom. The van der Waals surface area contributed by atoms with Crippen molar-refractivity contribution in [1.29, 1.82) is 0 Å². The van der Waals surface area contributed by atoms with Gasteiger partial charge in [0.25, 0.3) is 0 Å². The highest BCUT2D eigenvalue weighted by molar-refractivity contribution is 5.28. The minimum atomic E-state index is -1.14. The van der Waals surface area contributed by atoms with E-state index in [1.807, 2.05) is 43.5 Å². The lowest BCUT2D eigenvalue weighted by molar-refractivity contribution is 0.334. The van der Waals surface area contributed by atoms with Crippen molar-refractivity contribution in [3.05, 3.63) is 102 Å². The van der Waals surface area contributed by atoms with Gasteiger partial charge in [-0.2, -0.15) is 0 Å². The molecule has 1 aromatic carbocycles. The van der Waals surface area contributed by atoms with Crippen LogP contribution in [0.2, 0.25) is 0 Å². The molecule has 1 aliphatic carbocycles. The van der Waals surface area contributed by atoms with Crippen LogP contribution in [0.5, 0.6) is 0 Å². The minimum Gasteiger partial charge on any atom is -0.384 e. The summed E-state index contributed by atoms with van der Waals surface area (Å²) in [5, 5.41) is 6.43. The number of allylic oxidation sites excluding steroid dienone is 4. The molecule has 0 spiro atoms. The topological polar surface area (TPSA) is 37.0 Å². The Labute approximate surface area is 158 Å². The summed E-state index contributed by atoms with van der Waals surface area (Å²) in [5.74, 6) is -0.739. The van der Waals surface area contributed by atoms with E-state index in [0.717, 1.165) is 5.69 Å². The molecule has 3 rings (SSSR count). The van der Waals surface area contributed by atoms with Crippen LogP contribution in [0.15, 0.2) is 84.7 Å². The Hall–Kier alpha value is -2.79. The molecule has 0 fully saturated rings. The van der Waals surface area contributed by atoms with E-state index in [1.165, 1.54) is 12.1 Å². The maximum Gasteiger partial charge on any atom is 0.130 e. The summed E-state index contributed by atoms with van der Waals surface area (Å²) in [6.07, 6.45) is 9.37. The third-order valence-corrected chi connectivity index (χ3v) is 4.53. The standard InChI is InChI=1S/C22H23F2N3/c1-25-22(20-12-6-7-13-26-20)14-21(17-9-3-5-11-19(17)24)27-15-16-8-2-4-10-18(16)23/h2-14,17,19,22,25,27H,15H2,1H3/b21-14-. The van der Waals surface area contributed by atoms with Crippen molar-refractivity contribution in [1.82, 2.24) is 15.6 Å². The second kappa shape index (κ2) is 9.24. The molecule has 0 amide bonds. The highest BCUT2D eigenvalue weighted by Gasteiger charge is 2.23. The molecule has 5 heteroatoms. The fraction of sp³-hybridized carbons (Fsp3) is 0.227. The first-order chi connectivity index (χ1) is 13.2. The first-order valence-electron chi connectivity index (χ1n) is 8.95. The Kier molecular flexibility index (Phi) is 6.49. The number of halogens is 2. The van der Waals surface area contributed by atoms with E-state index in [2.05, 4.69) is 15.6 Å². The minimum absolute atomic E-state index is 0.194. The van der Waals surface area contributed by atoms with Crippen LogP contribution in [0.3, 0.4) is 0 Å². The zero-order chi connectivity index (χ0) is 19.1. The van der Waals surface area contributed by atoms with Gasteiger partial charge in [-0.15, -0.1) is 0 Å². The van der Waals surface area contributed by atoms with Gasteiger partial charge in [-0.1, -0.05) is 42.5 Å². The van der Waals surface area contributed by atoms with E-state index in [9.17, 15) is 8.78 Å². The number of likely N-dealkylation sites (N-methyl/N-ethyl adjacent to an activating group) is 1. The van der Waals surface area contributed by atoms with Gasteiger partial charge in [0, 0.05) is 24.0 Å². The first kappa shape index (κ1) is 19.0. The van der Waals surface area contributed by atoms with Crippen LogP contribution in [0.1, 0.15) is 17.3 Å². The molecule has 0 bridgehead atoms. The number of alkyl halides is 1. The summed E-state index contributed by atoms with van der Waals surface area (Å²) in [5.41, 5.74) is 2.06. The fourth-order valence-corrected chi connectivity index (χ4v) is 3.04. The van der Waals surface area contributed by atoms with E-state index >= 15 is 0 Å². The van der Waals surface area contributed by atoms with E-state index in [1.54, 1.807) is 30.5 Å². The maximum atomic E-state index is 14.5. The van der Waals surface area contributed by atoms with Crippen LogP contribution in [0, 0.1) is 11.7 Å². The lowest BCUT2D eigenvalue weighted by Gasteiger charge is -2.24. The number of rotatable bonds is 7. The van der Waals surface area contributed by atoms with Crippen molar-refractivity contribution in [2.45, 2.75) is 18.8 Å². The molecule has 0 radical (unpaired) electrons. The molecule has 1 heterocycles. The van der Waals surface area contributed by atoms with Gasteiger partial charge in [-0.25, -0.2) is 8.78 Å². The first-order valence-corrected chi connectivity index (χ1v) is 8.95. The van der Waals surface area contributed by atoms with Crippen molar-refractivity contribution in [3.63, 3.8) is 0 Å². The molecular formula is C22H23F2N3. The maximum absolute atomic E-state index is 14.5. The summed E-state index contributed by atoms with van der Waals surface area (Å²) >= 11 is 0. The average molecular weight is 367 g/mol. The van der Waals surface area contributed by atoms with Gasteiger partial charge in [0.1, 0.15) is 12.0 Å². The van der Waals surface area contributed by atoms with Crippen molar-refractivity contribution >= 4 is 0 Å². The third-order valence-electron chi connectivity index (χ3n) is 4.53. The molecule has 3 atom stereocenters. The third kappa shape index (κ3) is 4.89. The summed E-state index contributed by atoms with van der Waals surface area (Å²) < 4.78 is 28.5. The zero-order valence-electron chi connectivity index (χ0n) is 15.1. The summed E-state index contributed by atoms with van der Waals surface area (Å²) in [4.78, 5) is 4.38. The van der Waals surface area contributed by atoms with E-state index in [-0.39, 0.29) is 18.4 Å². The highest BCUT2D eigenvalue weighted by Crippen LogP contribution is 2.25. The lowest BCUT2D eigenvalue weighted by atomic mass is 9.93. The molecule has 140 valence electrons. The van der Waals surface area contributed by atoms with Gasteiger partial charge in [-0.3, -0.25) is 4.98 Å². The number of pyridine rings is 1. The summed E-state index contributed by atoms with van der Waals surface area (Å²) in [6, 6.07) is 12.1. The lowest BCUT2D eigenvalue weighted by Crippen LogP contribution is -2.28. The Bertz CT molecular complexity index is 830. The molecule has 1 aliphatic rings. The summed E-state index contributed by atoms with van der Waals surface area (Å²) in [7, 11) is 1.83. The monoisotopic (exact) mass is 367 g/mol. The molecule has 0 aliphatic heterocycles. The number of nitrogens with zero attached hydrogens (tertiary/aromatic N) is 1. The number of hydrogen-bond acceptors (Lipinski definition) is 3. The Balaban J connectivity index is 1.88. The fourth-order valence-electron chi connectivity index (χ4n) is 3.04. The van der Waals surface area contributed by atoms with Crippen LogP contribution in [0.4, 0.5) is 8.78 Å². The smallest absolute Gasteiger partial charge is 0.130 e. The number of benzene rings is 1. The predicted molar refractivity (Wildman–Crippen MR) is 104 cm³/mol. The van der Waals surface area contributed by atoms with Crippen molar-refractivity contribution in [2.24, 2.45) is 5.92 Å². The number of hydrogen-bond donors (Lipinski definition) is 2. The largest absolute Gasteiger partial charge is 0.384 e. The molecule has 1 aromatic heterocycles. The van der Waals surface area contributed by atoms with Crippen LogP contribution >= 0.6 is 0 Å². The molecule has 3 nitrogen and oxygen atoms in total. The van der Waals surface area contributed by atoms with Crippen molar-refractivity contribution < 1.29 is 8.78 Å². The van der Waals surface area contributed by atoms with Crippen molar-refractivity contribution in [3.8, 4) is 0 Å². The second-order valence-corrected chi connectivity index (χ2v) is 6.33. The number of nitrogens with one attached hydrogen (secondary N) is 2. The van der Waals surface area contributed by atoms with Gasteiger partial charge < -0.3 is 10.6 Å². The molecule has 3 unspecified atom stereocenters.